The van der Waals surface area contributed by atoms with Gasteiger partial charge in [0.2, 0.25) is 5.91 Å². The number of rotatable bonds is 70. The van der Waals surface area contributed by atoms with Gasteiger partial charge in [-0.05, 0) is 51.4 Å². The predicted octanol–water partition coefficient (Wildman–Crippen LogP) is 23.9. The van der Waals surface area contributed by atoms with Crippen LogP contribution in [0.15, 0.2) is 12.2 Å². The Morgan fingerprint density at radius 3 is 0.887 bits per heavy atom. The van der Waals surface area contributed by atoms with Gasteiger partial charge in [-0.2, -0.15) is 0 Å². The smallest absolute Gasteiger partial charge is 0.305 e. The first-order valence-electron chi connectivity index (χ1n) is 36.9. The maximum atomic E-state index is 12.5. The largest absolute Gasteiger partial charge is 0.466 e. The van der Waals surface area contributed by atoms with Crippen LogP contribution in [0.25, 0.3) is 0 Å². The van der Waals surface area contributed by atoms with Crippen molar-refractivity contribution in [3.8, 4) is 0 Å². The van der Waals surface area contributed by atoms with Gasteiger partial charge in [-0.15, -0.1) is 0 Å². The minimum atomic E-state index is -0.663. The van der Waals surface area contributed by atoms with Crippen LogP contribution in [0.2, 0.25) is 0 Å². The van der Waals surface area contributed by atoms with Gasteiger partial charge in [0.25, 0.3) is 0 Å². The van der Waals surface area contributed by atoms with Gasteiger partial charge in [0.05, 0.1) is 25.4 Å². The Kier molecular flexibility index (Phi) is 68.9. The van der Waals surface area contributed by atoms with Crippen LogP contribution >= 0.6 is 0 Å². The van der Waals surface area contributed by atoms with Crippen LogP contribution in [-0.4, -0.2) is 47.4 Å². The topological polar surface area (TPSA) is 95.9 Å². The van der Waals surface area contributed by atoms with E-state index in [1.807, 2.05) is 0 Å². The number of nitrogens with one attached hydrogen (secondary N) is 1. The number of carbonyl (C=O) groups excluding carboxylic acids is 2. The molecule has 476 valence electrons. The summed E-state index contributed by atoms with van der Waals surface area (Å²) < 4.78 is 5.51. The third kappa shape index (κ3) is 65.7. The molecule has 0 aliphatic rings. The molecule has 2 atom stereocenters. The third-order valence-corrected chi connectivity index (χ3v) is 17.6. The lowest BCUT2D eigenvalue weighted by Crippen LogP contribution is -2.45. The number of aliphatic hydroxyl groups is 2. The summed E-state index contributed by atoms with van der Waals surface area (Å²) in [6, 6.07) is -0.540. The van der Waals surface area contributed by atoms with E-state index in [0.29, 0.717) is 25.9 Å². The van der Waals surface area contributed by atoms with E-state index in [1.165, 1.54) is 353 Å². The molecule has 0 bridgehead atoms. The van der Waals surface area contributed by atoms with Gasteiger partial charge in [-0.1, -0.05) is 373 Å². The first-order valence-corrected chi connectivity index (χ1v) is 36.9. The van der Waals surface area contributed by atoms with Gasteiger partial charge in [0, 0.05) is 12.8 Å². The first kappa shape index (κ1) is 78.6. The van der Waals surface area contributed by atoms with Crippen molar-refractivity contribution >= 4 is 11.9 Å². The number of ether oxygens (including phenoxy) is 1. The number of amides is 1. The van der Waals surface area contributed by atoms with E-state index in [1.54, 1.807) is 0 Å². The summed E-state index contributed by atoms with van der Waals surface area (Å²) in [7, 11) is 0. The van der Waals surface area contributed by atoms with Crippen molar-refractivity contribution in [2.75, 3.05) is 13.2 Å². The molecule has 3 N–H and O–H groups in total. The average Bonchev–Trinajstić information content (AvgIpc) is 3.46. The molecule has 6 heteroatoms. The van der Waals surface area contributed by atoms with E-state index < -0.39 is 12.1 Å². The van der Waals surface area contributed by atoms with Crippen molar-refractivity contribution in [1.82, 2.24) is 5.32 Å². The molecule has 1 amide bonds. The van der Waals surface area contributed by atoms with Crippen LogP contribution in [0, 0.1) is 0 Å². The van der Waals surface area contributed by atoms with E-state index in [2.05, 4.69) is 31.3 Å². The molecular formula is C74H145NO5. The van der Waals surface area contributed by atoms with Gasteiger partial charge in [-0.25, -0.2) is 0 Å². The maximum absolute atomic E-state index is 12.5. The van der Waals surface area contributed by atoms with Gasteiger partial charge in [0.1, 0.15) is 0 Å². The summed E-state index contributed by atoms with van der Waals surface area (Å²) in [6.45, 7) is 5.00. The Morgan fingerprint density at radius 2 is 0.588 bits per heavy atom. The van der Waals surface area contributed by atoms with Crippen LogP contribution in [0.1, 0.15) is 425 Å². The molecule has 0 rings (SSSR count). The molecule has 80 heavy (non-hydrogen) atoms. The number of hydrogen-bond acceptors (Lipinski definition) is 5. The standard InChI is InChI=1S/C74H145NO5/c1-3-5-7-9-11-13-15-17-19-35-40-44-48-52-56-60-64-68-74(79)80-69-65-61-57-53-49-45-41-37-34-32-30-28-26-24-22-21-23-25-27-29-31-33-36-39-43-47-51-55-59-63-67-73(78)75-71(70-76)72(77)66-62-58-54-50-46-42-38-20-18-16-14-12-10-8-6-4-2/h22,24,71-72,76-77H,3-21,23,25-70H2,1-2H3,(H,75,78)/b24-22-. The average molecular weight is 1130 g/mol. The summed E-state index contributed by atoms with van der Waals surface area (Å²) in [5.74, 6) is -0.00740. The minimum Gasteiger partial charge on any atom is -0.466 e. The lowest BCUT2D eigenvalue weighted by molar-refractivity contribution is -0.143. The van der Waals surface area contributed by atoms with Crippen LogP contribution in [0.5, 0.6) is 0 Å². The fourth-order valence-corrected chi connectivity index (χ4v) is 11.9. The number of unbranched alkanes of at least 4 members (excludes halogenated alkanes) is 57. The van der Waals surface area contributed by atoms with Crippen molar-refractivity contribution < 1.29 is 24.5 Å². The number of hydrogen-bond donors (Lipinski definition) is 3. The van der Waals surface area contributed by atoms with Gasteiger partial charge in [0.15, 0.2) is 0 Å². The highest BCUT2D eigenvalue weighted by molar-refractivity contribution is 5.76. The number of esters is 1. The second kappa shape index (κ2) is 70.1. The zero-order valence-corrected chi connectivity index (χ0v) is 54.6. The van der Waals surface area contributed by atoms with Crippen molar-refractivity contribution in [2.24, 2.45) is 0 Å². The monoisotopic (exact) mass is 1130 g/mol. The Labute approximate surface area is 501 Å². The molecule has 0 saturated heterocycles. The van der Waals surface area contributed by atoms with Gasteiger partial charge in [-0.3, -0.25) is 9.59 Å². The normalized spacial score (nSPS) is 12.5. The van der Waals surface area contributed by atoms with E-state index in [0.717, 1.165) is 38.5 Å². The van der Waals surface area contributed by atoms with Gasteiger partial charge < -0.3 is 20.3 Å². The van der Waals surface area contributed by atoms with E-state index in [-0.39, 0.29) is 18.5 Å². The summed E-state index contributed by atoms with van der Waals surface area (Å²) in [4.78, 5) is 24.6. The Morgan fingerprint density at radius 1 is 0.338 bits per heavy atom. The highest BCUT2D eigenvalue weighted by atomic mass is 16.5. The van der Waals surface area contributed by atoms with Crippen molar-refractivity contribution in [3.63, 3.8) is 0 Å². The second-order valence-corrected chi connectivity index (χ2v) is 25.6. The summed E-state index contributed by atoms with van der Waals surface area (Å²) in [5.41, 5.74) is 0. The molecule has 0 aromatic rings. The Balaban J connectivity index is 3.34. The number of carbonyl (C=O) groups is 2. The molecule has 0 aromatic heterocycles. The summed E-state index contributed by atoms with van der Waals surface area (Å²) >= 11 is 0. The quantitative estimate of drug-likeness (QED) is 0.0320. The van der Waals surface area contributed by atoms with E-state index in [4.69, 9.17) is 4.74 Å². The van der Waals surface area contributed by atoms with E-state index in [9.17, 15) is 19.8 Å². The van der Waals surface area contributed by atoms with Crippen LogP contribution in [0.3, 0.4) is 0 Å². The number of aliphatic hydroxyl groups excluding tert-OH is 2. The fraction of sp³-hybridized carbons (Fsp3) is 0.946. The highest BCUT2D eigenvalue weighted by Crippen LogP contribution is 2.19. The van der Waals surface area contributed by atoms with Crippen LogP contribution < -0.4 is 5.32 Å². The molecule has 0 radical (unpaired) electrons. The summed E-state index contributed by atoms with van der Waals surface area (Å²) in [6.07, 6.45) is 87.1. The Bertz CT molecular complexity index is 1210. The van der Waals surface area contributed by atoms with Gasteiger partial charge >= 0.3 is 5.97 Å². The molecule has 0 aliphatic carbocycles. The first-order chi connectivity index (χ1) is 39.5. The summed E-state index contributed by atoms with van der Waals surface area (Å²) in [5, 5.41) is 23.4. The SMILES string of the molecule is CCCCCCCCCCCCCCCCCCCC(=O)OCCCCCCCCCCCCCC/C=C\CCCCCCCCCCCCCCCCC(=O)NC(CO)C(O)CCCCCCCCCCCCCCCCCC. The van der Waals surface area contributed by atoms with Crippen LogP contribution in [-0.2, 0) is 14.3 Å². The molecule has 2 unspecified atom stereocenters. The zero-order valence-electron chi connectivity index (χ0n) is 54.6. The van der Waals surface area contributed by atoms with E-state index >= 15 is 0 Å². The van der Waals surface area contributed by atoms with Crippen LogP contribution in [0.4, 0.5) is 0 Å². The maximum Gasteiger partial charge on any atom is 0.305 e. The molecule has 0 aliphatic heterocycles. The predicted molar refractivity (Wildman–Crippen MR) is 352 cm³/mol. The lowest BCUT2D eigenvalue weighted by atomic mass is 10.0. The molecule has 0 fully saturated rings. The minimum absolute atomic E-state index is 0.0222. The molecule has 0 heterocycles. The van der Waals surface area contributed by atoms with Crippen molar-refractivity contribution in [1.29, 1.82) is 0 Å². The Hall–Kier alpha value is -1.40. The fourth-order valence-electron chi connectivity index (χ4n) is 11.9. The van der Waals surface area contributed by atoms with Crippen molar-refractivity contribution in [2.45, 2.75) is 437 Å². The molecule has 0 spiro atoms. The molecule has 0 saturated carbocycles. The van der Waals surface area contributed by atoms with Crippen molar-refractivity contribution in [3.05, 3.63) is 12.2 Å². The second-order valence-electron chi connectivity index (χ2n) is 25.6. The lowest BCUT2D eigenvalue weighted by Gasteiger charge is -2.22. The molecule has 0 aromatic carbocycles. The zero-order chi connectivity index (χ0) is 57.8. The number of allylic oxidation sites excluding steroid dienone is 2. The highest BCUT2D eigenvalue weighted by Gasteiger charge is 2.20. The molecular weight excluding hydrogens is 983 g/mol. The third-order valence-electron chi connectivity index (χ3n) is 17.6. The molecule has 6 nitrogen and oxygen atoms in total.